The smallest absolute Gasteiger partial charge is 0.0543 e. The fraction of sp³-hybridized carbons (Fsp3) is 0.154. The highest BCUT2D eigenvalue weighted by molar-refractivity contribution is 6.10. The molecule has 0 aliphatic heterocycles. The summed E-state index contributed by atoms with van der Waals surface area (Å²) in [6.07, 6.45) is 7.40. The molecule has 7 aromatic rings. The van der Waals surface area contributed by atoms with E-state index >= 15 is 0 Å². The van der Waals surface area contributed by atoms with Crippen molar-refractivity contribution in [3.8, 4) is 11.1 Å². The summed E-state index contributed by atoms with van der Waals surface area (Å²) in [4.78, 5) is 4.84. The van der Waals surface area contributed by atoms with Crippen molar-refractivity contribution in [2.45, 2.75) is 44.4 Å². The summed E-state index contributed by atoms with van der Waals surface area (Å²) in [7, 11) is 0. The second kappa shape index (κ2) is 12.2. The summed E-state index contributed by atoms with van der Waals surface area (Å²) >= 11 is 0. The van der Waals surface area contributed by atoms with Crippen LogP contribution in [0.25, 0.3) is 21.9 Å². The molecule has 0 amide bonds. The lowest BCUT2D eigenvalue weighted by Gasteiger charge is -2.34. The van der Waals surface area contributed by atoms with Crippen LogP contribution in [0.2, 0.25) is 0 Å². The van der Waals surface area contributed by atoms with E-state index in [1.165, 1.54) is 66.9 Å². The lowest BCUT2D eigenvalue weighted by Crippen LogP contribution is -2.28. The van der Waals surface area contributed by atoms with E-state index in [0.717, 1.165) is 11.4 Å². The Morgan fingerprint density at radius 3 is 1.54 bits per heavy atom. The molecule has 0 aromatic heterocycles. The van der Waals surface area contributed by atoms with Gasteiger partial charge in [0.05, 0.1) is 5.69 Å². The molecule has 0 fully saturated rings. The molecule has 3 aliphatic carbocycles. The maximum absolute atomic E-state index is 2.59. The summed E-state index contributed by atoms with van der Waals surface area (Å²) < 4.78 is 0. The predicted octanol–water partition coefficient (Wildman–Crippen LogP) is 13.9. The minimum absolute atomic E-state index is 0.0653. The number of hydrogen-bond donors (Lipinski definition) is 0. The van der Waals surface area contributed by atoms with Crippen molar-refractivity contribution in [3.63, 3.8) is 0 Å². The second-order valence-electron chi connectivity index (χ2n) is 16.2. The Bertz CT molecular complexity index is 2520. The van der Waals surface area contributed by atoms with Gasteiger partial charge >= 0.3 is 0 Å². The van der Waals surface area contributed by atoms with E-state index in [0.29, 0.717) is 11.8 Å². The van der Waals surface area contributed by atoms with E-state index in [1.807, 2.05) is 0 Å². The van der Waals surface area contributed by atoms with E-state index in [1.54, 1.807) is 0 Å². The zero-order chi connectivity index (χ0) is 36.6. The summed E-state index contributed by atoms with van der Waals surface area (Å²) in [5.41, 5.74) is 15.4. The van der Waals surface area contributed by atoms with Crippen LogP contribution in [0.3, 0.4) is 0 Å². The van der Waals surface area contributed by atoms with Crippen LogP contribution in [0.1, 0.15) is 55.9 Å². The average molecular weight is 697 g/mol. The molecule has 262 valence electrons. The Labute approximate surface area is 319 Å². The lowest BCUT2D eigenvalue weighted by molar-refractivity contribution is 0.392. The quantitative estimate of drug-likeness (QED) is 0.171. The van der Waals surface area contributed by atoms with E-state index in [-0.39, 0.29) is 10.8 Å². The third-order valence-electron chi connectivity index (χ3n) is 12.5. The molecular formula is C52H44N2. The highest BCUT2D eigenvalue weighted by atomic mass is 15.2. The Morgan fingerprint density at radius 1 is 0.481 bits per heavy atom. The SMILES string of the molecule is CC1(C)c2cc3c(cc2-c2c1cc(N(c1ccccc1)c1ccccc1)c1ccccc21)C(C)(C)C1C=C(N(c2ccccc2)c2ccccc2)C=CC31. The summed E-state index contributed by atoms with van der Waals surface area (Å²) in [6.45, 7) is 9.79. The van der Waals surface area contributed by atoms with Crippen LogP contribution >= 0.6 is 0 Å². The summed E-state index contributed by atoms with van der Waals surface area (Å²) in [6, 6.07) is 59.9. The van der Waals surface area contributed by atoms with Crippen LogP contribution < -0.4 is 9.80 Å². The molecule has 0 saturated carbocycles. The number of para-hydroxylation sites is 4. The zero-order valence-electron chi connectivity index (χ0n) is 31.4. The minimum Gasteiger partial charge on any atom is -0.311 e. The number of hydrogen-bond acceptors (Lipinski definition) is 2. The Hall–Kier alpha value is -6.12. The fourth-order valence-electron chi connectivity index (χ4n) is 9.77. The second-order valence-corrected chi connectivity index (χ2v) is 16.2. The van der Waals surface area contributed by atoms with E-state index < -0.39 is 0 Å². The normalized spacial score (nSPS) is 18.3. The number of rotatable bonds is 6. The van der Waals surface area contributed by atoms with Gasteiger partial charge in [-0.15, -0.1) is 0 Å². The predicted molar refractivity (Wildman–Crippen MR) is 228 cm³/mol. The van der Waals surface area contributed by atoms with Crippen molar-refractivity contribution >= 4 is 39.2 Å². The van der Waals surface area contributed by atoms with Crippen molar-refractivity contribution in [1.82, 2.24) is 0 Å². The van der Waals surface area contributed by atoms with Crippen LogP contribution in [0.5, 0.6) is 0 Å². The molecule has 0 N–H and O–H groups in total. The molecule has 7 aromatic carbocycles. The molecule has 0 radical (unpaired) electrons. The maximum Gasteiger partial charge on any atom is 0.0543 e. The molecule has 54 heavy (non-hydrogen) atoms. The molecule has 10 rings (SSSR count). The third kappa shape index (κ3) is 4.86. The summed E-state index contributed by atoms with van der Waals surface area (Å²) in [5, 5.41) is 2.57. The van der Waals surface area contributed by atoms with Gasteiger partial charge in [-0.2, -0.15) is 0 Å². The Balaban J connectivity index is 1.13. The first-order valence-corrected chi connectivity index (χ1v) is 19.3. The van der Waals surface area contributed by atoms with Crippen LogP contribution in [0, 0.1) is 5.92 Å². The van der Waals surface area contributed by atoms with Crippen molar-refractivity contribution in [2.75, 3.05) is 9.80 Å². The average Bonchev–Trinajstić information content (AvgIpc) is 3.57. The molecule has 2 nitrogen and oxygen atoms in total. The molecule has 2 unspecified atom stereocenters. The first kappa shape index (κ1) is 32.5. The van der Waals surface area contributed by atoms with Gasteiger partial charge in [0.1, 0.15) is 0 Å². The lowest BCUT2D eigenvalue weighted by atomic mass is 9.73. The van der Waals surface area contributed by atoms with Crippen molar-refractivity contribution < 1.29 is 0 Å². The third-order valence-corrected chi connectivity index (χ3v) is 12.5. The van der Waals surface area contributed by atoms with Crippen LogP contribution in [0.15, 0.2) is 188 Å². The number of allylic oxidation sites excluding steroid dienone is 3. The first-order chi connectivity index (χ1) is 26.3. The highest BCUT2D eigenvalue weighted by Crippen LogP contribution is 2.60. The van der Waals surface area contributed by atoms with E-state index in [9.17, 15) is 0 Å². The molecule has 0 spiro atoms. The van der Waals surface area contributed by atoms with Crippen LogP contribution in [-0.4, -0.2) is 0 Å². The molecule has 2 atom stereocenters. The number of benzene rings is 7. The zero-order valence-corrected chi connectivity index (χ0v) is 31.4. The minimum atomic E-state index is -0.184. The number of anilines is 5. The molecule has 3 aliphatic rings. The van der Waals surface area contributed by atoms with Gasteiger partial charge in [-0.25, -0.2) is 0 Å². The Kier molecular flexibility index (Phi) is 7.36. The molecule has 0 saturated heterocycles. The van der Waals surface area contributed by atoms with Gasteiger partial charge in [0, 0.05) is 45.2 Å². The van der Waals surface area contributed by atoms with Gasteiger partial charge in [0.15, 0.2) is 0 Å². The maximum atomic E-state index is 2.59. The molecule has 0 bridgehead atoms. The highest BCUT2D eigenvalue weighted by Gasteiger charge is 2.48. The standard InChI is InChI=1S/C52H44N2/c1-51(2)45-31-39(53(35-19-9-5-10-20-35)36-21-11-6-12-22-36)29-30-40(45)43-32-47-44(33-46(43)51)50-42-28-18-17-27-41(42)49(34-48(50)52(47,3)4)54(37-23-13-7-14-24-37)38-25-15-8-16-26-38/h5-34,40,45H,1-4H3. The number of nitrogens with zero attached hydrogens (tertiary/aromatic N) is 2. The number of fused-ring (bicyclic) bond motifs is 8. The molecule has 0 heterocycles. The van der Waals surface area contributed by atoms with Crippen LogP contribution in [0.4, 0.5) is 28.4 Å². The van der Waals surface area contributed by atoms with Gasteiger partial charge in [-0.05, 0) is 117 Å². The van der Waals surface area contributed by atoms with Gasteiger partial charge in [-0.3, -0.25) is 0 Å². The van der Waals surface area contributed by atoms with Gasteiger partial charge in [0.2, 0.25) is 0 Å². The van der Waals surface area contributed by atoms with Crippen LogP contribution in [-0.2, 0) is 10.8 Å². The largest absolute Gasteiger partial charge is 0.311 e. The topological polar surface area (TPSA) is 6.48 Å². The van der Waals surface area contributed by atoms with Crippen molar-refractivity contribution in [2.24, 2.45) is 5.92 Å². The fourth-order valence-corrected chi connectivity index (χ4v) is 9.77. The first-order valence-electron chi connectivity index (χ1n) is 19.3. The monoisotopic (exact) mass is 696 g/mol. The Morgan fingerprint density at radius 2 is 0.981 bits per heavy atom. The van der Waals surface area contributed by atoms with E-state index in [2.05, 4.69) is 220 Å². The summed E-state index contributed by atoms with van der Waals surface area (Å²) in [5.74, 6) is 0.646. The van der Waals surface area contributed by atoms with Crippen molar-refractivity contribution in [1.29, 1.82) is 0 Å². The van der Waals surface area contributed by atoms with Crippen molar-refractivity contribution in [3.05, 3.63) is 210 Å². The van der Waals surface area contributed by atoms with Gasteiger partial charge in [0.25, 0.3) is 0 Å². The van der Waals surface area contributed by atoms with E-state index in [4.69, 9.17) is 0 Å². The molecule has 2 heteroatoms. The molecular weight excluding hydrogens is 653 g/mol. The van der Waals surface area contributed by atoms with Gasteiger partial charge < -0.3 is 9.80 Å². The van der Waals surface area contributed by atoms with Gasteiger partial charge in [-0.1, -0.05) is 143 Å².